The molecule has 0 saturated heterocycles. The van der Waals surface area contributed by atoms with Crippen LogP contribution in [0.15, 0.2) is 51.4 Å². The lowest BCUT2D eigenvalue weighted by atomic mass is 9.94. The molecule has 41 heavy (non-hydrogen) atoms. The van der Waals surface area contributed by atoms with Crippen LogP contribution in [0.5, 0.6) is 23.0 Å². The molecule has 2 aromatic carbocycles. The highest BCUT2D eigenvalue weighted by Crippen LogP contribution is 2.39. The van der Waals surface area contributed by atoms with Gasteiger partial charge in [0.2, 0.25) is 6.79 Å². The van der Waals surface area contributed by atoms with Crippen molar-refractivity contribution in [1.29, 1.82) is 0 Å². The van der Waals surface area contributed by atoms with Crippen molar-refractivity contribution in [2.24, 2.45) is 4.99 Å². The van der Waals surface area contributed by atoms with E-state index in [0.29, 0.717) is 61.1 Å². The second-order valence-corrected chi connectivity index (χ2v) is 10.5. The topological polar surface area (TPSA) is 97.6 Å². The Morgan fingerprint density at radius 1 is 1.27 bits per heavy atom. The summed E-state index contributed by atoms with van der Waals surface area (Å²) in [6.45, 7) is 4.05. The lowest BCUT2D eigenvalue weighted by Crippen LogP contribution is -2.40. The first kappa shape index (κ1) is 28.3. The summed E-state index contributed by atoms with van der Waals surface area (Å²) in [6, 6.07) is 7.98. The molecule has 3 heterocycles. The van der Waals surface area contributed by atoms with Gasteiger partial charge in [-0.2, -0.15) is 0 Å². The van der Waals surface area contributed by atoms with Crippen LogP contribution in [0.3, 0.4) is 0 Å². The molecule has 0 N–H and O–H groups in total. The molecule has 5 rings (SSSR count). The normalized spacial score (nSPS) is 15.7. The Balaban J connectivity index is 1.71. The van der Waals surface area contributed by atoms with Gasteiger partial charge in [0.05, 0.1) is 40.6 Å². The largest absolute Gasteiger partial charge is 0.493 e. The fourth-order valence-electron chi connectivity index (χ4n) is 4.75. The SMILES string of the molecule is C#CCOc1c(Cl)cc(/C=c2\sc3n(c2=O)[C@@H](c2ccc4c(c2)OCO4)C(C(=O)OCC)=C(CCC)N=3)cc1OC. The number of rotatable bonds is 9. The Labute approximate surface area is 245 Å². The Kier molecular flexibility index (Phi) is 8.38. The molecular weight excluding hydrogens is 568 g/mol. The van der Waals surface area contributed by atoms with Gasteiger partial charge in [0, 0.05) is 0 Å². The number of terminal acetylenes is 1. The molecule has 9 nitrogen and oxygen atoms in total. The zero-order valence-corrected chi connectivity index (χ0v) is 24.3. The van der Waals surface area contributed by atoms with Crippen LogP contribution in [-0.4, -0.2) is 37.7 Å². The summed E-state index contributed by atoms with van der Waals surface area (Å²) in [7, 11) is 1.49. The molecule has 0 radical (unpaired) electrons. The van der Waals surface area contributed by atoms with Crippen LogP contribution < -0.4 is 33.8 Å². The van der Waals surface area contributed by atoms with Gasteiger partial charge in [-0.1, -0.05) is 48.3 Å². The molecule has 2 aliphatic heterocycles. The number of methoxy groups -OCH3 is 1. The molecule has 0 spiro atoms. The highest BCUT2D eigenvalue weighted by Gasteiger charge is 2.35. The van der Waals surface area contributed by atoms with Crippen LogP contribution in [0.4, 0.5) is 0 Å². The van der Waals surface area contributed by atoms with E-state index in [-0.39, 0.29) is 30.6 Å². The third-order valence-corrected chi connectivity index (χ3v) is 7.72. The van der Waals surface area contributed by atoms with Gasteiger partial charge in [0.15, 0.2) is 27.8 Å². The summed E-state index contributed by atoms with van der Waals surface area (Å²) in [6.07, 6.45) is 8.30. The fourth-order valence-corrected chi connectivity index (χ4v) is 6.04. The average molecular weight is 595 g/mol. The molecule has 2 aliphatic rings. The Morgan fingerprint density at radius 2 is 2.07 bits per heavy atom. The van der Waals surface area contributed by atoms with Crippen molar-refractivity contribution in [3.05, 3.63) is 77.4 Å². The number of hydrogen-bond acceptors (Lipinski definition) is 9. The van der Waals surface area contributed by atoms with Gasteiger partial charge in [-0.15, -0.1) is 6.42 Å². The maximum atomic E-state index is 14.0. The second-order valence-electron chi connectivity index (χ2n) is 9.05. The van der Waals surface area contributed by atoms with E-state index in [1.54, 1.807) is 37.3 Å². The maximum Gasteiger partial charge on any atom is 0.338 e. The highest BCUT2D eigenvalue weighted by atomic mass is 35.5. The zero-order valence-electron chi connectivity index (χ0n) is 22.7. The molecular formula is C30H27ClN2O7S. The summed E-state index contributed by atoms with van der Waals surface area (Å²) >= 11 is 7.69. The molecule has 1 aromatic heterocycles. The number of hydrogen-bond donors (Lipinski definition) is 0. The van der Waals surface area contributed by atoms with Crippen molar-refractivity contribution in [2.45, 2.75) is 32.7 Å². The van der Waals surface area contributed by atoms with Crippen LogP contribution >= 0.6 is 22.9 Å². The minimum atomic E-state index is -0.777. The van der Waals surface area contributed by atoms with Gasteiger partial charge in [-0.3, -0.25) is 9.36 Å². The molecule has 212 valence electrons. The molecule has 11 heteroatoms. The number of aromatic nitrogens is 1. The molecule has 0 saturated carbocycles. The van der Waals surface area contributed by atoms with Crippen molar-refractivity contribution < 1.29 is 28.5 Å². The molecule has 0 amide bonds. The van der Waals surface area contributed by atoms with E-state index in [4.69, 9.17) is 46.7 Å². The van der Waals surface area contributed by atoms with Crippen molar-refractivity contribution >= 4 is 35.0 Å². The first-order chi connectivity index (χ1) is 19.9. The molecule has 0 aliphatic carbocycles. The second kappa shape index (κ2) is 12.1. The first-order valence-electron chi connectivity index (χ1n) is 12.9. The number of nitrogens with zero attached hydrogens (tertiary/aromatic N) is 2. The van der Waals surface area contributed by atoms with Gasteiger partial charge in [0.1, 0.15) is 6.61 Å². The minimum absolute atomic E-state index is 0.0246. The number of thiazole rings is 1. The van der Waals surface area contributed by atoms with Gasteiger partial charge < -0.3 is 23.7 Å². The van der Waals surface area contributed by atoms with E-state index >= 15 is 0 Å². The Bertz CT molecular complexity index is 1770. The predicted octanol–water partition coefficient (Wildman–Crippen LogP) is 3.98. The molecule has 0 unspecified atom stereocenters. The number of ether oxygens (including phenoxy) is 5. The van der Waals surface area contributed by atoms with E-state index in [1.807, 2.05) is 13.0 Å². The number of benzene rings is 2. The molecule has 0 bridgehead atoms. The zero-order chi connectivity index (χ0) is 29.1. The van der Waals surface area contributed by atoms with Crippen LogP contribution in [0.1, 0.15) is 43.9 Å². The van der Waals surface area contributed by atoms with Crippen molar-refractivity contribution in [2.75, 3.05) is 27.1 Å². The number of esters is 1. The summed E-state index contributed by atoms with van der Waals surface area (Å²) in [5.74, 6) is 3.70. The lowest BCUT2D eigenvalue weighted by molar-refractivity contribution is -0.139. The van der Waals surface area contributed by atoms with Crippen LogP contribution in [0.2, 0.25) is 5.02 Å². The summed E-state index contributed by atoms with van der Waals surface area (Å²) in [5, 5.41) is 0.284. The van der Waals surface area contributed by atoms with E-state index in [1.165, 1.54) is 23.0 Å². The van der Waals surface area contributed by atoms with Crippen LogP contribution in [0.25, 0.3) is 6.08 Å². The van der Waals surface area contributed by atoms with Crippen molar-refractivity contribution in [1.82, 2.24) is 4.57 Å². The first-order valence-corrected chi connectivity index (χ1v) is 14.1. The number of carbonyl (C=O) groups excluding carboxylic acids is 1. The standard InChI is InChI=1S/C30H27ClN2O7S/c1-5-8-20-25(29(35)37-7-3)26(18-9-10-21-22(15-18)40-16-39-21)33-28(34)24(41-30(33)32-20)14-17-12-19(31)27(38-11-6-2)23(13-17)36-4/h2,9-10,12-15,26H,5,7-8,11,16H2,1,3-4H3/b24-14-/t26-/m0/s1. The maximum absolute atomic E-state index is 14.0. The Morgan fingerprint density at radius 3 is 2.80 bits per heavy atom. The van der Waals surface area contributed by atoms with E-state index in [0.717, 1.165) is 6.42 Å². The number of carbonyl (C=O) groups is 1. The van der Waals surface area contributed by atoms with Crippen molar-refractivity contribution in [3.63, 3.8) is 0 Å². The molecule has 0 fully saturated rings. The number of allylic oxidation sites excluding steroid dienone is 1. The minimum Gasteiger partial charge on any atom is -0.493 e. The van der Waals surface area contributed by atoms with Gasteiger partial charge in [0.25, 0.3) is 5.56 Å². The lowest BCUT2D eigenvalue weighted by Gasteiger charge is -2.25. The van der Waals surface area contributed by atoms with Gasteiger partial charge >= 0.3 is 5.97 Å². The van der Waals surface area contributed by atoms with Crippen LogP contribution in [-0.2, 0) is 9.53 Å². The van der Waals surface area contributed by atoms with E-state index in [2.05, 4.69) is 5.92 Å². The van der Waals surface area contributed by atoms with E-state index < -0.39 is 12.0 Å². The monoisotopic (exact) mass is 594 g/mol. The van der Waals surface area contributed by atoms with Gasteiger partial charge in [-0.05, 0) is 54.8 Å². The fraction of sp³-hybridized carbons (Fsp3) is 0.300. The third-order valence-electron chi connectivity index (χ3n) is 6.45. The summed E-state index contributed by atoms with van der Waals surface area (Å²) in [4.78, 5) is 32.6. The Hall–Kier alpha value is -4.20. The third kappa shape index (κ3) is 5.43. The summed E-state index contributed by atoms with van der Waals surface area (Å²) < 4.78 is 29.4. The smallest absolute Gasteiger partial charge is 0.338 e. The molecule has 3 aromatic rings. The predicted molar refractivity (Wildman–Crippen MR) is 155 cm³/mol. The quantitative estimate of drug-likeness (QED) is 0.273. The molecule has 1 atom stereocenters. The summed E-state index contributed by atoms with van der Waals surface area (Å²) in [5.41, 5.74) is 1.88. The van der Waals surface area contributed by atoms with Crippen LogP contribution in [0, 0.1) is 12.3 Å². The number of fused-ring (bicyclic) bond motifs is 2. The van der Waals surface area contributed by atoms with Gasteiger partial charge in [-0.25, -0.2) is 9.79 Å². The number of halogens is 1. The highest BCUT2D eigenvalue weighted by molar-refractivity contribution is 7.07. The average Bonchev–Trinajstić information content (AvgIpc) is 3.55. The van der Waals surface area contributed by atoms with Crippen molar-refractivity contribution in [3.8, 4) is 35.3 Å². The van der Waals surface area contributed by atoms with E-state index in [9.17, 15) is 9.59 Å².